The Hall–Kier alpha value is -1.60. The highest BCUT2D eigenvalue weighted by atomic mass is 35.5. The van der Waals surface area contributed by atoms with Crippen molar-refractivity contribution in [3.63, 3.8) is 0 Å². The van der Waals surface area contributed by atoms with E-state index in [-0.39, 0.29) is 10.8 Å². The third-order valence-corrected chi connectivity index (χ3v) is 7.38. The van der Waals surface area contributed by atoms with E-state index in [1.54, 1.807) is 18.2 Å². The smallest absolute Gasteiger partial charge is 0.251 e. The van der Waals surface area contributed by atoms with Crippen LogP contribution in [0.1, 0.15) is 35.2 Å². The first-order valence-electron chi connectivity index (χ1n) is 9.20. The second-order valence-electron chi connectivity index (χ2n) is 6.74. The van der Waals surface area contributed by atoms with Gasteiger partial charge in [-0.1, -0.05) is 29.3 Å². The molecule has 3 rings (SSSR count). The highest BCUT2D eigenvalue weighted by Crippen LogP contribution is 2.23. The van der Waals surface area contributed by atoms with E-state index in [9.17, 15) is 13.2 Å². The van der Waals surface area contributed by atoms with Crippen LogP contribution in [0.5, 0.6) is 0 Å². The summed E-state index contributed by atoms with van der Waals surface area (Å²) in [6.07, 6.45) is 3.30. The molecular weight excluding hydrogens is 419 g/mol. The second kappa shape index (κ2) is 9.27. The molecule has 2 aromatic carbocycles. The molecule has 28 heavy (non-hydrogen) atoms. The zero-order valence-electron chi connectivity index (χ0n) is 15.3. The van der Waals surface area contributed by atoms with Gasteiger partial charge in [-0.3, -0.25) is 4.79 Å². The molecule has 1 aliphatic rings. The van der Waals surface area contributed by atoms with Crippen molar-refractivity contribution in [3.05, 3.63) is 63.6 Å². The molecule has 1 N–H and O–H groups in total. The monoisotopic (exact) mass is 440 g/mol. The summed E-state index contributed by atoms with van der Waals surface area (Å²) in [4.78, 5) is 12.5. The predicted octanol–water partition coefficient (Wildman–Crippen LogP) is 4.14. The predicted molar refractivity (Wildman–Crippen MR) is 112 cm³/mol. The molecule has 1 aliphatic heterocycles. The average molecular weight is 441 g/mol. The van der Waals surface area contributed by atoms with Gasteiger partial charge in [-0.2, -0.15) is 4.31 Å². The van der Waals surface area contributed by atoms with Gasteiger partial charge in [0.15, 0.2) is 0 Å². The van der Waals surface area contributed by atoms with E-state index in [2.05, 4.69) is 5.32 Å². The van der Waals surface area contributed by atoms with Gasteiger partial charge in [0, 0.05) is 25.2 Å². The molecule has 0 radical (unpaired) electrons. The number of nitrogens with zero attached hydrogens (tertiary/aromatic N) is 1. The van der Waals surface area contributed by atoms with Crippen molar-refractivity contribution in [2.75, 3.05) is 19.6 Å². The van der Waals surface area contributed by atoms with E-state index < -0.39 is 10.0 Å². The Labute approximate surface area is 175 Å². The molecule has 2 aromatic rings. The minimum absolute atomic E-state index is 0.223. The molecule has 0 atom stereocenters. The van der Waals surface area contributed by atoms with Gasteiger partial charge in [-0.25, -0.2) is 8.42 Å². The lowest BCUT2D eigenvalue weighted by molar-refractivity contribution is 0.0953. The van der Waals surface area contributed by atoms with Gasteiger partial charge in [0.1, 0.15) is 0 Å². The van der Waals surface area contributed by atoms with Gasteiger partial charge < -0.3 is 5.32 Å². The fourth-order valence-corrected chi connectivity index (χ4v) is 4.99. The number of rotatable bonds is 7. The Kier molecular flexibility index (Phi) is 6.99. The van der Waals surface area contributed by atoms with E-state index in [1.807, 2.05) is 12.1 Å². The molecule has 150 valence electrons. The van der Waals surface area contributed by atoms with Gasteiger partial charge in [-0.05, 0) is 67.6 Å². The van der Waals surface area contributed by atoms with E-state index in [1.165, 1.54) is 16.4 Å². The molecule has 1 heterocycles. The zero-order chi connectivity index (χ0) is 20.1. The van der Waals surface area contributed by atoms with Crippen LogP contribution in [0.15, 0.2) is 47.4 Å². The summed E-state index contributed by atoms with van der Waals surface area (Å²) >= 11 is 11.9. The summed E-state index contributed by atoms with van der Waals surface area (Å²) < 4.78 is 26.5. The number of hydrogen-bond acceptors (Lipinski definition) is 3. The molecule has 0 aliphatic carbocycles. The van der Waals surface area contributed by atoms with Crippen molar-refractivity contribution in [1.82, 2.24) is 9.62 Å². The standard InChI is InChI=1S/C20H22Cl2N2O3S/c21-18-10-5-15(14-19(18)22)4-3-11-23-20(25)16-6-8-17(9-7-16)28(26,27)24-12-1-2-13-24/h5-10,14H,1-4,11-13H2,(H,23,25). The van der Waals surface area contributed by atoms with Crippen LogP contribution in [-0.2, 0) is 16.4 Å². The number of halogens is 2. The van der Waals surface area contributed by atoms with Crippen molar-refractivity contribution in [3.8, 4) is 0 Å². The quantitative estimate of drug-likeness (QED) is 0.657. The van der Waals surface area contributed by atoms with E-state index in [0.29, 0.717) is 35.2 Å². The summed E-state index contributed by atoms with van der Waals surface area (Å²) in [7, 11) is -3.46. The summed E-state index contributed by atoms with van der Waals surface area (Å²) in [6, 6.07) is 11.6. The van der Waals surface area contributed by atoms with Crippen molar-refractivity contribution in [2.24, 2.45) is 0 Å². The van der Waals surface area contributed by atoms with Crippen molar-refractivity contribution < 1.29 is 13.2 Å². The number of carbonyl (C=O) groups excluding carboxylic acids is 1. The molecule has 5 nitrogen and oxygen atoms in total. The highest BCUT2D eigenvalue weighted by Gasteiger charge is 2.27. The van der Waals surface area contributed by atoms with Gasteiger partial charge >= 0.3 is 0 Å². The topological polar surface area (TPSA) is 66.5 Å². The van der Waals surface area contributed by atoms with Crippen LogP contribution in [0.3, 0.4) is 0 Å². The number of amides is 1. The SMILES string of the molecule is O=C(NCCCc1ccc(Cl)c(Cl)c1)c1ccc(S(=O)(=O)N2CCCC2)cc1. The molecule has 0 bridgehead atoms. The molecule has 0 unspecified atom stereocenters. The van der Waals surface area contributed by atoms with Crippen LogP contribution in [0.2, 0.25) is 10.0 Å². The molecular formula is C20H22Cl2N2O3S. The summed E-state index contributed by atoms with van der Waals surface area (Å²) in [5.74, 6) is -0.223. The Bertz CT molecular complexity index is 940. The van der Waals surface area contributed by atoms with Crippen molar-refractivity contribution in [1.29, 1.82) is 0 Å². The molecule has 0 aromatic heterocycles. The maximum atomic E-state index is 12.5. The first kappa shape index (κ1) is 21.1. The fourth-order valence-electron chi connectivity index (χ4n) is 3.15. The molecule has 1 fully saturated rings. The summed E-state index contributed by atoms with van der Waals surface area (Å²) in [6.45, 7) is 1.62. The second-order valence-corrected chi connectivity index (χ2v) is 9.50. The van der Waals surface area contributed by atoms with Gasteiger partial charge in [0.2, 0.25) is 10.0 Å². The number of hydrogen-bond donors (Lipinski definition) is 1. The van der Waals surface area contributed by atoms with E-state index >= 15 is 0 Å². The zero-order valence-corrected chi connectivity index (χ0v) is 17.7. The third-order valence-electron chi connectivity index (χ3n) is 4.73. The Morgan fingerprint density at radius 2 is 1.68 bits per heavy atom. The molecule has 1 amide bonds. The first-order chi connectivity index (χ1) is 13.4. The maximum absolute atomic E-state index is 12.5. The van der Waals surface area contributed by atoms with Crippen LogP contribution >= 0.6 is 23.2 Å². The number of aryl methyl sites for hydroxylation is 1. The van der Waals surface area contributed by atoms with Crippen LogP contribution < -0.4 is 5.32 Å². The lowest BCUT2D eigenvalue weighted by atomic mass is 10.1. The summed E-state index contributed by atoms with van der Waals surface area (Å²) in [5, 5.41) is 3.89. The van der Waals surface area contributed by atoms with Crippen molar-refractivity contribution in [2.45, 2.75) is 30.6 Å². The van der Waals surface area contributed by atoms with Crippen molar-refractivity contribution >= 4 is 39.1 Å². The molecule has 1 saturated heterocycles. The van der Waals surface area contributed by atoms with Crippen LogP contribution in [0.4, 0.5) is 0 Å². The average Bonchev–Trinajstić information content (AvgIpc) is 3.23. The number of carbonyl (C=O) groups is 1. The molecule has 8 heteroatoms. The minimum Gasteiger partial charge on any atom is -0.352 e. The lowest BCUT2D eigenvalue weighted by Crippen LogP contribution is -2.28. The van der Waals surface area contributed by atoms with Gasteiger partial charge in [0.25, 0.3) is 5.91 Å². The largest absolute Gasteiger partial charge is 0.352 e. The van der Waals surface area contributed by atoms with Crippen LogP contribution in [0, 0.1) is 0 Å². The van der Waals surface area contributed by atoms with Gasteiger partial charge in [-0.15, -0.1) is 0 Å². The number of benzene rings is 2. The van der Waals surface area contributed by atoms with Crippen LogP contribution in [0.25, 0.3) is 0 Å². The Morgan fingerprint density at radius 3 is 2.32 bits per heavy atom. The van der Waals surface area contributed by atoms with E-state index in [4.69, 9.17) is 23.2 Å². The van der Waals surface area contributed by atoms with Gasteiger partial charge in [0.05, 0.1) is 14.9 Å². The Balaban J connectivity index is 1.51. The number of sulfonamides is 1. The Morgan fingerprint density at radius 1 is 1.00 bits per heavy atom. The minimum atomic E-state index is -3.46. The third kappa shape index (κ3) is 5.06. The molecule has 0 saturated carbocycles. The summed E-state index contributed by atoms with van der Waals surface area (Å²) in [5.41, 5.74) is 1.50. The lowest BCUT2D eigenvalue weighted by Gasteiger charge is -2.15. The normalized spacial score (nSPS) is 14.9. The fraction of sp³-hybridized carbons (Fsp3) is 0.350. The maximum Gasteiger partial charge on any atom is 0.251 e. The van der Waals surface area contributed by atoms with E-state index in [0.717, 1.165) is 31.2 Å². The molecule has 0 spiro atoms. The highest BCUT2D eigenvalue weighted by molar-refractivity contribution is 7.89. The van der Waals surface area contributed by atoms with Crippen LogP contribution in [-0.4, -0.2) is 38.3 Å². The first-order valence-corrected chi connectivity index (χ1v) is 11.4. The number of nitrogens with one attached hydrogen (secondary N) is 1.